The second-order valence-electron chi connectivity index (χ2n) is 5.77. The number of benzene rings is 1. The molecular weight excluding hydrogens is 290 g/mol. The van der Waals surface area contributed by atoms with Crippen LogP contribution in [0.3, 0.4) is 0 Å². The van der Waals surface area contributed by atoms with Crippen molar-refractivity contribution in [2.45, 2.75) is 26.0 Å². The molecular formula is C16H18F2N2O2. The normalized spacial score (nSPS) is 20.5. The van der Waals surface area contributed by atoms with E-state index in [-0.39, 0.29) is 23.5 Å². The average Bonchev–Trinajstić information content (AvgIpc) is 3.09. The fourth-order valence-corrected chi connectivity index (χ4v) is 2.83. The van der Waals surface area contributed by atoms with E-state index in [9.17, 15) is 13.9 Å². The van der Waals surface area contributed by atoms with Crippen LogP contribution in [0.2, 0.25) is 0 Å². The molecule has 0 saturated carbocycles. The van der Waals surface area contributed by atoms with Crippen molar-refractivity contribution in [1.29, 1.82) is 0 Å². The van der Waals surface area contributed by atoms with Crippen LogP contribution in [-0.2, 0) is 6.54 Å². The molecule has 1 saturated heterocycles. The monoisotopic (exact) mass is 308 g/mol. The summed E-state index contributed by atoms with van der Waals surface area (Å²) >= 11 is 0. The van der Waals surface area contributed by atoms with Crippen LogP contribution in [0, 0.1) is 17.6 Å². The summed E-state index contributed by atoms with van der Waals surface area (Å²) in [5.41, 5.74) is 0.390. The standard InChI is InChI=1S/C16H18F2N2O2/c1-10(21)11-5-6-20(7-11)8-12-9-22-16(19-12)15-13(17)3-2-4-14(15)18/h2-4,9-11,21H,5-8H2,1H3. The molecule has 0 bridgehead atoms. The average molecular weight is 308 g/mol. The Morgan fingerprint density at radius 3 is 2.77 bits per heavy atom. The first kappa shape index (κ1) is 15.1. The molecule has 22 heavy (non-hydrogen) atoms. The summed E-state index contributed by atoms with van der Waals surface area (Å²) in [6.07, 6.45) is 2.03. The summed E-state index contributed by atoms with van der Waals surface area (Å²) in [7, 11) is 0. The minimum Gasteiger partial charge on any atom is -0.444 e. The van der Waals surface area contributed by atoms with E-state index in [4.69, 9.17) is 4.42 Å². The van der Waals surface area contributed by atoms with Crippen molar-refractivity contribution in [2.75, 3.05) is 13.1 Å². The third-order valence-corrected chi connectivity index (χ3v) is 4.11. The third-order valence-electron chi connectivity index (χ3n) is 4.11. The molecule has 2 atom stereocenters. The van der Waals surface area contributed by atoms with Gasteiger partial charge in [0.25, 0.3) is 0 Å². The van der Waals surface area contributed by atoms with Gasteiger partial charge < -0.3 is 9.52 Å². The van der Waals surface area contributed by atoms with E-state index in [1.54, 1.807) is 6.92 Å². The molecule has 1 N–H and O–H groups in total. The van der Waals surface area contributed by atoms with Crippen LogP contribution in [-0.4, -0.2) is 34.2 Å². The Kier molecular flexibility index (Phi) is 4.22. The summed E-state index contributed by atoms with van der Waals surface area (Å²) in [5, 5.41) is 9.61. The van der Waals surface area contributed by atoms with Crippen molar-refractivity contribution in [1.82, 2.24) is 9.88 Å². The Hall–Kier alpha value is -1.79. The minimum absolute atomic E-state index is 0.0446. The lowest BCUT2D eigenvalue weighted by Crippen LogP contribution is -2.24. The maximum absolute atomic E-state index is 13.7. The van der Waals surface area contributed by atoms with Crippen molar-refractivity contribution in [2.24, 2.45) is 5.92 Å². The van der Waals surface area contributed by atoms with Crippen LogP contribution in [0.5, 0.6) is 0 Å². The second-order valence-corrected chi connectivity index (χ2v) is 5.77. The predicted octanol–water partition coefficient (Wildman–Crippen LogP) is 2.82. The van der Waals surface area contributed by atoms with Gasteiger partial charge in [0.05, 0.1) is 11.8 Å². The van der Waals surface area contributed by atoms with E-state index >= 15 is 0 Å². The summed E-state index contributed by atoms with van der Waals surface area (Å²) in [4.78, 5) is 6.33. The van der Waals surface area contributed by atoms with Gasteiger partial charge in [0.2, 0.25) is 5.89 Å². The topological polar surface area (TPSA) is 49.5 Å². The number of hydrogen-bond acceptors (Lipinski definition) is 4. The smallest absolute Gasteiger partial charge is 0.232 e. The maximum atomic E-state index is 13.7. The van der Waals surface area contributed by atoms with Gasteiger partial charge in [0, 0.05) is 13.1 Å². The first-order valence-electron chi connectivity index (χ1n) is 7.34. The first-order valence-corrected chi connectivity index (χ1v) is 7.34. The number of nitrogens with zero attached hydrogens (tertiary/aromatic N) is 2. The number of halogens is 2. The number of oxazole rings is 1. The number of aromatic nitrogens is 1. The molecule has 2 unspecified atom stereocenters. The van der Waals surface area contributed by atoms with Gasteiger partial charge >= 0.3 is 0 Å². The fraction of sp³-hybridized carbons (Fsp3) is 0.438. The number of rotatable bonds is 4. The van der Waals surface area contributed by atoms with Crippen LogP contribution >= 0.6 is 0 Å². The van der Waals surface area contributed by atoms with Gasteiger partial charge in [-0.15, -0.1) is 0 Å². The zero-order valence-corrected chi connectivity index (χ0v) is 12.3. The van der Waals surface area contributed by atoms with E-state index in [2.05, 4.69) is 9.88 Å². The highest BCUT2D eigenvalue weighted by molar-refractivity contribution is 5.55. The molecule has 0 radical (unpaired) electrons. The fourth-order valence-electron chi connectivity index (χ4n) is 2.83. The lowest BCUT2D eigenvalue weighted by atomic mass is 10.0. The number of aliphatic hydroxyl groups is 1. The number of likely N-dealkylation sites (tertiary alicyclic amines) is 1. The Bertz CT molecular complexity index is 637. The van der Waals surface area contributed by atoms with E-state index in [0.717, 1.165) is 19.5 Å². The van der Waals surface area contributed by atoms with Crippen LogP contribution in [0.15, 0.2) is 28.9 Å². The molecule has 1 aromatic heterocycles. The van der Waals surface area contributed by atoms with Gasteiger partial charge in [-0.2, -0.15) is 0 Å². The van der Waals surface area contributed by atoms with E-state index in [1.807, 2.05) is 0 Å². The molecule has 1 aromatic carbocycles. The van der Waals surface area contributed by atoms with E-state index < -0.39 is 11.6 Å². The van der Waals surface area contributed by atoms with Crippen molar-refractivity contribution in [3.8, 4) is 11.5 Å². The Labute approximate surface area is 127 Å². The second kappa shape index (κ2) is 6.14. The predicted molar refractivity (Wildman–Crippen MR) is 76.9 cm³/mol. The molecule has 6 heteroatoms. The summed E-state index contributed by atoms with van der Waals surface area (Å²) in [6, 6.07) is 3.66. The third kappa shape index (κ3) is 3.03. The van der Waals surface area contributed by atoms with Crippen LogP contribution < -0.4 is 0 Å². The van der Waals surface area contributed by atoms with Gasteiger partial charge in [-0.1, -0.05) is 6.07 Å². The van der Waals surface area contributed by atoms with Crippen molar-refractivity contribution in [3.63, 3.8) is 0 Å². The van der Waals surface area contributed by atoms with Gasteiger partial charge in [-0.25, -0.2) is 13.8 Å². The van der Waals surface area contributed by atoms with Crippen molar-refractivity contribution >= 4 is 0 Å². The summed E-state index contributed by atoms with van der Waals surface area (Å²) in [6.45, 7) is 3.99. The van der Waals surface area contributed by atoms with Crippen molar-refractivity contribution < 1.29 is 18.3 Å². The van der Waals surface area contributed by atoms with Crippen LogP contribution in [0.4, 0.5) is 8.78 Å². The molecule has 2 aromatic rings. The van der Waals surface area contributed by atoms with Crippen LogP contribution in [0.25, 0.3) is 11.5 Å². The van der Waals surface area contributed by atoms with Gasteiger partial charge in [0.1, 0.15) is 23.5 Å². The molecule has 1 fully saturated rings. The molecule has 0 amide bonds. The van der Waals surface area contributed by atoms with E-state index in [0.29, 0.717) is 12.2 Å². The van der Waals surface area contributed by atoms with E-state index in [1.165, 1.54) is 24.5 Å². The maximum Gasteiger partial charge on any atom is 0.232 e. The van der Waals surface area contributed by atoms with Gasteiger partial charge in [-0.05, 0) is 37.9 Å². The van der Waals surface area contributed by atoms with Gasteiger partial charge in [0.15, 0.2) is 0 Å². The number of aliphatic hydroxyl groups excluding tert-OH is 1. The largest absolute Gasteiger partial charge is 0.444 e. The summed E-state index contributed by atoms with van der Waals surface area (Å²) in [5.74, 6) is -1.17. The lowest BCUT2D eigenvalue weighted by Gasteiger charge is -2.15. The SMILES string of the molecule is CC(O)C1CCN(Cc2coc(-c3c(F)cccc3F)n2)C1. The highest BCUT2D eigenvalue weighted by Gasteiger charge is 2.26. The molecule has 4 nitrogen and oxygen atoms in total. The van der Waals surface area contributed by atoms with Crippen LogP contribution in [0.1, 0.15) is 19.0 Å². The molecule has 0 spiro atoms. The minimum atomic E-state index is -0.691. The van der Waals surface area contributed by atoms with Gasteiger partial charge in [-0.3, -0.25) is 4.90 Å². The van der Waals surface area contributed by atoms with Crippen molar-refractivity contribution in [3.05, 3.63) is 41.8 Å². The summed E-state index contributed by atoms with van der Waals surface area (Å²) < 4.78 is 32.7. The Balaban J connectivity index is 1.72. The Morgan fingerprint density at radius 1 is 1.41 bits per heavy atom. The Morgan fingerprint density at radius 2 is 2.14 bits per heavy atom. The molecule has 118 valence electrons. The lowest BCUT2D eigenvalue weighted by molar-refractivity contribution is 0.127. The quantitative estimate of drug-likeness (QED) is 0.943. The zero-order chi connectivity index (χ0) is 15.7. The highest BCUT2D eigenvalue weighted by Crippen LogP contribution is 2.26. The molecule has 0 aliphatic carbocycles. The highest BCUT2D eigenvalue weighted by atomic mass is 19.1. The molecule has 1 aliphatic heterocycles. The first-order chi connectivity index (χ1) is 10.5. The zero-order valence-electron chi connectivity index (χ0n) is 12.3. The molecule has 2 heterocycles. The molecule has 3 rings (SSSR count). The molecule has 1 aliphatic rings. The number of hydrogen-bond donors (Lipinski definition) is 1.